The smallest absolute Gasteiger partial charge is 0.125 e. The first kappa shape index (κ1) is 16.1. The molecule has 0 radical (unpaired) electrons. The molecular formula is C15H18NO4S-. The van der Waals surface area contributed by atoms with Gasteiger partial charge in [0.1, 0.15) is 11.0 Å². The van der Waals surface area contributed by atoms with Crippen LogP contribution in [0.15, 0.2) is 42.5 Å². The van der Waals surface area contributed by atoms with Crippen LogP contribution in [0.5, 0.6) is 0 Å². The zero-order valence-corrected chi connectivity index (χ0v) is 12.5. The van der Waals surface area contributed by atoms with E-state index in [1.165, 1.54) is 0 Å². The molecule has 0 saturated heterocycles. The van der Waals surface area contributed by atoms with E-state index in [-0.39, 0.29) is 6.61 Å². The van der Waals surface area contributed by atoms with Crippen LogP contribution in [0.25, 0.3) is 10.8 Å². The number of rotatable bonds is 6. The van der Waals surface area contributed by atoms with E-state index >= 15 is 0 Å². The molecule has 0 spiro atoms. The summed E-state index contributed by atoms with van der Waals surface area (Å²) in [5, 5.41) is 11.6. The summed E-state index contributed by atoms with van der Waals surface area (Å²) < 4.78 is 27.4. The van der Waals surface area contributed by atoms with Crippen molar-refractivity contribution in [1.29, 1.82) is 0 Å². The standard InChI is InChI=1S/C15H19NO4S/c1-2-20-10-15(14(16)17,21(18)19)13-9-5-7-11-6-3-4-8-12(11)13/h3-9,14,17H,2,10,16H2,1H3,(H,18,19)/p-1/t14-,15-/m1/s1. The third-order valence-electron chi connectivity index (χ3n) is 3.54. The fraction of sp³-hybridized carbons (Fsp3) is 0.333. The van der Waals surface area contributed by atoms with Gasteiger partial charge >= 0.3 is 0 Å². The first-order valence-electron chi connectivity index (χ1n) is 6.63. The lowest BCUT2D eigenvalue weighted by atomic mass is 9.92. The molecule has 0 aliphatic carbocycles. The van der Waals surface area contributed by atoms with E-state index in [1.807, 2.05) is 24.3 Å². The first-order chi connectivity index (χ1) is 10.0. The molecule has 5 nitrogen and oxygen atoms in total. The zero-order chi connectivity index (χ0) is 15.5. The molecule has 3 atom stereocenters. The Morgan fingerprint density at radius 1 is 1.33 bits per heavy atom. The molecule has 0 aliphatic rings. The number of hydrogen-bond acceptors (Lipinski definition) is 5. The summed E-state index contributed by atoms with van der Waals surface area (Å²) in [6.07, 6.45) is -1.59. The molecular weight excluding hydrogens is 290 g/mol. The normalized spacial score (nSPS) is 17.3. The molecule has 0 amide bonds. The minimum absolute atomic E-state index is 0.203. The molecule has 2 rings (SSSR count). The SMILES string of the molecule is CCOC[C@@](c1cccc2ccccc12)([C@H](N)O)S(=O)[O-]. The fourth-order valence-corrected chi connectivity index (χ4v) is 3.14. The number of nitrogens with two attached hydrogens (primary N) is 1. The minimum atomic E-state index is -2.65. The molecule has 0 aliphatic heterocycles. The molecule has 114 valence electrons. The molecule has 0 saturated carbocycles. The lowest BCUT2D eigenvalue weighted by Crippen LogP contribution is -2.52. The van der Waals surface area contributed by atoms with Gasteiger partial charge < -0.3 is 20.1 Å². The van der Waals surface area contributed by atoms with E-state index in [9.17, 15) is 13.9 Å². The van der Waals surface area contributed by atoms with Crippen LogP contribution in [0.2, 0.25) is 0 Å². The van der Waals surface area contributed by atoms with Crippen molar-refractivity contribution in [3.05, 3.63) is 48.0 Å². The van der Waals surface area contributed by atoms with Gasteiger partial charge in [-0.1, -0.05) is 42.5 Å². The van der Waals surface area contributed by atoms with Crippen molar-refractivity contribution >= 4 is 21.9 Å². The maximum atomic E-state index is 11.9. The van der Waals surface area contributed by atoms with Gasteiger partial charge in [0, 0.05) is 6.61 Å². The van der Waals surface area contributed by atoms with Crippen LogP contribution in [0.3, 0.4) is 0 Å². The summed E-state index contributed by atoms with van der Waals surface area (Å²) in [5.41, 5.74) is 6.06. The zero-order valence-electron chi connectivity index (χ0n) is 11.7. The van der Waals surface area contributed by atoms with Crippen LogP contribution in [-0.4, -0.2) is 33.3 Å². The van der Waals surface area contributed by atoms with Crippen molar-refractivity contribution in [2.45, 2.75) is 17.9 Å². The van der Waals surface area contributed by atoms with Crippen molar-refractivity contribution < 1.29 is 18.6 Å². The highest BCUT2D eigenvalue weighted by Crippen LogP contribution is 2.35. The minimum Gasteiger partial charge on any atom is -0.771 e. The van der Waals surface area contributed by atoms with Gasteiger partial charge in [-0.05, 0) is 34.3 Å². The highest BCUT2D eigenvalue weighted by Gasteiger charge is 2.41. The molecule has 21 heavy (non-hydrogen) atoms. The van der Waals surface area contributed by atoms with Gasteiger partial charge in [-0.2, -0.15) is 0 Å². The number of benzene rings is 2. The van der Waals surface area contributed by atoms with Crippen LogP contribution in [0, 0.1) is 0 Å². The molecule has 1 unspecified atom stereocenters. The molecule has 0 heterocycles. The number of fused-ring (bicyclic) bond motifs is 1. The third-order valence-corrected chi connectivity index (χ3v) is 4.72. The lowest BCUT2D eigenvalue weighted by molar-refractivity contribution is 0.0484. The van der Waals surface area contributed by atoms with Crippen LogP contribution in [0.1, 0.15) is 12.5 Å². The van der Waals surface area contributed by atoms with Crippen molar-refractivity contribution in [1.82, 2.24) is 0 Å². The number of aliphatic hydroxyl groups excluding tert-OH is 1. The van der Waals surface area contributed by atoms with Crippen molar-refractivity contribution in [2.24, 2.45) is 5.73 Å². The predicted molar refractivity (Wildman–Crippen MR) is 81.2 cm³/mol. The Morgan fingerprint density at radius 2 is 2.00 bits per heavy atom. The molecule has 2 aromatic carbocycles. The van der Waals surface area contributed by atoms with E-state index in [4.69, 9.17) is 10.5 Å². The maximum absolute atomic E-state index is 11.9. The Hall–Kier alpha value is -1.31. The van der Waals surface area contributed by atoms with E-state index in [0.717, 1.165) is 10.8 Å². The van der Waals surface area contributed by atoms with Gasteiger partial charge in [0.2, 0.25) is 0 Å². The molecule has 2 aromatic rings. The Morgan fingerprint density at radius 3 is 2.62 bits per heavy atom. The Bertz CT molecular complexity index is 641. The summed E-state index contributed by atoms with van der Waals surface area (Å²) >= 11 is -2.65. The van der Waals surface area contributed by atoms with Crippen molar-refractivity contribution in [3.63, 3.8) is 0 Å². The monoisotopic (exact) mass is 308 g/mol. The van der Waals surface area contributed by atoms with Gasteiger partial charge in [0.25, 0.3) is 0 Å². The summed E-state index contributed by atoms with van der Waals surface area (Å²) in [7, 11) is 0. The van der Waals surface area contributed by atoms with E-state index < -0.39 is 22.1 Å². The summed E-state index contributed by atoms with van der Waals surface area (Å²) in [6.45, 7) is 1.88. The van der Waals surface area contributed by atoms with Crippen molar-refractivity contribution in [2.75, 3.05) is 13.2 Å². The van der Waals surface area contributed by atoms with Gasteiger partial charge in [-0.25, -0.2) is 0 Å². The van der Waals surface area contributed by atoms with Crippen LogP contribution >= 0.6 is 0 Å². The predicted octanol–water partition coefficient (Wildman–Crippen LogP) is 1.23. The average Bonchev–Trinajstić information content (AvgIpc) is 2.47. The molecule has 3 N–H and O–H groups in total. The van der Waals surface area contributed by atoms with Crippen molar-refractivity contribution in [3.8, 4) is 0 Å². The maximum Gasteiger partial charge on any atom is 0.125 e. The quantitative estimate of drug-likeness (QED) is 0.618. The first-order valence-corrected chi connectivity index (χ1v) is 7.70. The molecule has 0 bridgehead atoms. The molecule has 0 aromatic heterocycles. The van der Waals surface area contributed by atoms with Gasteiger partial charge in [-0.15, -0.1) is 0 Å². The largest absolute Gasteiger partial charge is 0.771 e. The Kier molecular flexibility index (Phi) is 5.08. The summed E-state index contributed by atoms with van der Waals surface area (Å²) in [4.78, 5) is 0. The Labute approximate surface area is 126 Å². The molecule has 0 fully saturated rings. The lowest BCUT2D eigenvalue weighted by Gasteiger charge is -2.38. The summed E-state index contributed by atoms with van der Waals surface area (Å²) in [5.74, 6) is 0. The van der Waals surface area contributed by atoms with E-state index in [1.54, 1.807) is 25.1 Å². The van der Waals surface area contributed by atoms with E-state index in [2.05, 4.69) is 0 Å². The highest BCUT2D eigenvalue weighted by molar-refractivity contribution is 7.80. The average molecular weight is 308 g/mol. The number of hydrogen-bond donors (Lipinski definition) is 2. The number of ether oxygens (including phenoxy) is 1. The summed E-state index contributed by atoms with van der Waals surface area (Å²) in [6, 6.07) is 12.6. The Balaban J connectivity index is 2.71. The fourth-order valence-electron chi connectivity index (χ4n) is 2.41. The second-order valence-corrected chi connectivity index (χ2v) is 5.93. The van der Waals surface area contributed by atoms with E-state index in [0.29, 0.717) is 12.2 Å². The topological polar surface area (TPSA) is 95.6 Å². The third kappa shape index (κ3) is 2.86. The van der Waals surface area contributed by atoms with Gasteiger partial charge in [0.05, 0.1) is 6.61 Å². The van der Waals surface area contributed by atoms with Crippen LogP contribution in [0.4, 0.5) is 0 Å². The van der Waals surface area contributed by atoms with Crippen LogP contribution < -0.4 is 5.73 Å². The second-order valence-electron chi connectivity index (χ2n) is 4.73. The van der Waals surface area contributed by atoms with Crippen LogP contribution in [-0.2, 0) is 20.6 Å². The highest BCUT2D eigenvalue weighted by atomic mass is 32.2. The number of aliphatic hydroxyl groups is 1. The molecule has 6 heteroatoms. The second kappa shape index (κ2) is 6.64. The van der Waals surface area contributed by atoms with Gasteiger partial charge in [0.15, 0.2) is 0 Å². The van der Waals surface area contributed by atoms with Gasteiger partial charge in [-0.3, -0.25) is 4.21 Å².